The van der Waals surface area contributed by atoms with Gasteiger partial charge in [0, 0.05) is 0 Å². The summed E-state index contributed by atoms with van der Waals surface area (Å²) in [4.78, 5) is 0. The van der Waals surface area contributed by atoms with Gasteiger partial charge in [-0.3, -0.25) is 0 Å². The molecule has 0 aromatic heterocycles. The lowest BCUT2D eigenvalue weighted by molar-refractivity contribution is -0.888. The molecule has 0 rings (SSSR count). The maximum Gasteiger partial charge on any atom is 0.0782 e. The van der Waals surface area contributed by atoms with Crippen molar-refractivity contribution in [1.29, 1.82) is 0 Å². The Morgan fingerprint density at radius 3 is 1.91 bits per heavy atom. The molecule has 0 aromatic carbocycles. The zero-order chi connectivity index (χ0) is 8.04. The predicted molar refractivity (Wildman–Crippen MR) is 47.0 cm³/mol. The van der Waals surface area contributed by atoms with Crippen molar-refractivity contribution in [3.05, 3.63) is 0 Å². The summed E-state index contributed by atoms with van der Waals surface area (Å²) in [6.45, 7) is 7.10. The fourth-order valence-corrected chi connectivity index (χ4v) is 0.948. The van der Waals surface area contributed by atoms with E-state index in [0.29, 0.717) is 0 Å². The Hall–Kier alpha value is 0.250. The second kappa shape index (κ2) is 6.93. The van der Waals surface area contributed by atoms with Gasteiger partial charge in [0.1, 0.15) is 0 Å². The minimum atomic E-state index is 0. The van der Waals surface area contributed by atoms with E-state index in [1.165, 1.54) is 36.8 Å². The molecule has 0 fully saturated rings. The molecule has 0 aliphatic carbocycles. The van der Waals surface area contributed by atoms with Crippen molar-refractivity contribution in [2.75, 3.05) is 27.2 Å². The number of nitrogens with zero attached hydrogens (tertiary/aromatic N) is 1. The molecule has 0 aliphatic rings. The lowest BCUT2D eigenvalue weighted by Gasteiger charge is -2.27. The molecule has 0 aromatic rings. The van der Waals surface area contributed by atoms with Gasteiger partial charge < -0.3 is 16.9 Å². The first-order chi connectivity index (χ1) is 4.62. The normalized spacial score (nSPS) is 10.9. The topological polar surface area (TPSA) is 0 Å². The van der Waals surface area contributed by atoms with Gasteiger partial charge in [-0.1, -0.05) is 13.3 Å². The van der Waals surface area contributed by atoms with Crippen molar-refractivity contribution in [2.45, 2.75) is 33.1 Å². The van der Waals surface area contributed by atoms with E-state index in [9.17, 15) is 0 Å². The lowest BCUT2D eigenvalue weighted by Crippen LogP contribution is -3.00. The number of unbranched alkanes of at least 4 members (excludes halogenated alkanes) is 2. The Balaban J connectivity index is 0. The summed E-state index contributed by atoms with van der Waals surface area (Å²) in [6.07, 6.45) is 4.11. The van der Waals surface area contributed by atoms with Crippen LogP contribution in [0.4, 0.5) is 0 Å². The monoisotopic (exact) mass is 179 g/mol. The number of hydrogen-bond acceptors (Lipinski definition) is 0. The summed E-state index contributed by atoms with van der Waals surface area (Å²) in [5.41, 5.74) is 0. The van der Waals surface area contributed by atoms with Gasteiger partial charge in [0.05, 0.1) is 27.2 Å². The minimum Gasteiger partial charge on any atom is -1.00 e. The maximum absolute atomic E-state index is 2.30. The van der Waals surface area contributed by atoms with Crippen LogP contribution in [0.2, 0.25) is 0 Å². The van der Waals surface area contributed by atoms with Crippen LogP contribution in [0, 0.1) is 0 Å². The van der Waals surface area contributed by atoms with Crippen molar-refractivity contribution < 1.29 is 16.9 Å². The first kappa shape index (κ1) is 13.8. The molecule has 0 aliphatic heterocycles. The molecule has 70 valence electrons. The molecule has 0 spiro atoms. The number of halogens is 1. The van der Waals surface area contributed by atoms with Crippen LogP contribution in [0.25, 0.3) is 0 Å². The van der Waals surface area contributed by atoms with Crippen LogP contribution in [0.3, 0.4) is 0 Å². The van der Waals surface area contributed by atoms with E-state index in [0.717, 1.165) is 0 Å². The average molecular weight is 180 g/mol. The highest BCUT2D eigenvalue weighted by molar-refractivity contribution is 4.36. The van der Waals surface area contributed by atoms with Crippen LogP contribution in [-0.2, 0) is 0 Å². The third kappa shape index (κ3) is 8.15. The van der Waals surface area contributed by atoms with Crippen LogP contribution in [0.1, 0.15) is 33.1 Å². The number of quaternary nitrogens is 1. The molecule has 1 nitrogen and oxygen atoms in total. The molecule has 0 unspecified atom stereocenters. The van der Waals surface area contributed by atoms with Gasteiger partial charge in [0.2, 0.25) is 0 Å². The van der Waals surface area contributed by atoms with Crippen LogP contribution in [0.15, 0.2) is 0 Å². The van der Waals surface area contributed by atoms with Crippen molar-refractivity contribution >= 4 is 0 Å². The highest BCUT2D eigenvalue weighted by Crippen LogP contribution is 2.02. The first-order valence-corrected chi connectivity index (χ1v) is 4.44. The second-order valence-corrected chi connectivity index (χ2v) is 3.68. The van der Waals surface area contributed by atoms with Crippen molar-refractivity contribution in [3.8, 4) is 0 Å². The summed E-state index contributed by atoms with van der Waals surface area (Å²) >= 11 is 0. The Kier molecular flexibility index (Phi) is 8.70. The molecular weight excluding hydrogens is 158 g/mol. The number of hydrogen-bond donors (Lipinski definition) is 0. The third-order valence-corrected chi connectivity index (χ3v) is 2.22. The van der Waals surface area contributed by atoms with Crippen molar-refractivity contribution in [3.63, 3.8) is 0 Å². The van der Waals surface area contributed by atoms with E-state index < -0.39 is 0 Å². The fourth-order valence-electron chi connectivity index (χ4n) is 0.948. The van der Waals surface area contributed by atoms with E-state index >= 15 is 0 Å². The minimum absolute atomic E-state index is 0. The van der Waals surface area contributed by atoms with Gasteiger partial charge in [-0.05, 0) is 19.8 Å². The molecule has 2 heteroatoms. The Morgan fingerprint density at radius 2 is 1.55 bits per heavy atom. The largest absolute Gasteiger partial charge is 1.00 e. The zero-order valence-corrected chi connectivity index (χ0v) is 9.12. The molecule has 0 heterocycles. The van der Waals surface area contributed by atoms with Crippen molar-refractivity contribution in [1.82, 2.24) is 0 Å². The molecule has 0 atom stereocenters. The average Bonchev–Trinajstić information content (AvgIpc) is 1.89. The van der Waals surface area contributed by atoms with Gasteiger partial charge in [-0.15, -0.1) is 0 Å². The highest BCUT2D eigenvalue weighted by atomic mass is 35.5. The summed E-state index contributed by atoms with van der Waals surface area (Å²) in [5, 5.41) is 0. The molecule has 11 heavy (non-hydrogen) atoms. The van der Waals surface area contributed by atoms with E-state index in [1.54, 1.807) is 0 Å². The second-order valence-electron chi connectivity index (χ2n) is 3.68. The van der Waals surface area contributed by atoms with Crippen LogP contribution in [-0.4, -0.2) is 31.7 Å². The smallest absolute Gasteiger partial charge is 0.0782 e. The standard InChI is InChI=1S/C9H22N.ClH/c1-5-7-8-9-10(3,4)6-2;/h5-9H2,1-4H3;1H/q+1;/p-1. The highest BCUT2D eigenvalue weighted by Gasteiger charge is 2.09. The van der Waals surface area contributed by atoms with E-state index in [4.69, 9.17) is 0 Å². The lowest BCUT2D eigenvalue weighted by atomic mass is 10.2. The summed E-state index contributed by atoms with van der Waals surface area (Å²) in [6, 6.07) is 0. The Morgan fingerprint density at radius 1 is 1.00 bits per heavy atom. The fraction of sp³-hybridized carbons (Fsp3) is 1.00. The van der Waals surface area contributed by atoms with Crippen LogP contribution >= 0.6 is 0 Å². The maximum atomic E-state index is 2.30. The van der Waals surface area contributed by atoms with Gasteiger partial charge in [-0.2, -0.15) is 0 Å². The summed E-state index contributed by atoms with van der Waals surface area (Å²) in [7, 11) is 4.60. The third-order valence-electron chi connectivity index (χ3n) is 2.22. The SMILES string of the molecule is CCCCC[N+](C)(C)CC.[Cl-]. The molecule has 0 N–H and O–H groups in total. The van der Waals surface area contributed by atoms with Crippen molar-refractivity contribution in [2.24, 2.45) is 0 Å². The van der Waals surface area contributed by atoms with Crippen LogP contribution in [0.5, 0.6) is 0 Å². The first-order valence-electron chi connectivity index (χ1n) is 4.44. The zero-order valence-electron chi connectivity index (χ0n) is 8.36. The molecular formula is C9H22ClN. The van der Waals surface area contributed by atoms with E-state index in [2.05, 4.69) is 27.9 Å². The van der Waals surface area contributed by atoms with Gasteiger partial charge in [-0.25, -0.2) is 0 Å². The quantitative estimate of drug-likeness (QED) is 0.386. The number of rotatable bonds is 5. The Bertz CT molecular complexity index is 81.6. The molecule has 0 amide bonds. The predicted octanol–water partition coefficient (Wildman–Crippen LogP) is -0.723. The van der Waals surface area contributed by atoms with Crippen LogP contribution < -0.4 is 12.4 Å². The van der Waals surface area contributed by atoms with E-state index in [-0.39, 0.29) is 12.4 Å². The molecule has 0 saturated heterocycles. The van der Waals surface area contributed by atoms with Gasteiger partial charge in [0.15, 0.2) is 0 Å². The van der Waals surface area contributed by atoms with Gasteiger partial charge in [0.25, 0.3) is 0 Å². The van der Waals surface area contributed by atoms with Gasteiger partial charge >= 0.3 is 0 Å². The summed E-state index contributed by atoms with van der Waals surface area (Å²) in [5.74, 6) is 0. The molecule has 0 bridgehead atoms. The summed E-state index contributed by atoms with van der Waals surface area (Å²) < 4.78 is 1.18. The molecule has 0 saturated carbocycles. The van der Waals surface area contributed by atoms with E-state index in [1.807, 2.05) is 0 Å². The Labute approximate surface area is 77.8 Å². The molecule has 0 radical (unpaired) electrons.